The Morgan fingerprint density at radius 1 is 0.963 bits per heavy atom. The molecule has 27 heavy (non-hydrogen) atoms. The molecule has 0 radical (unpaired) electrons. The van der Waals surface area contributed by atoms with Gasteiger partial charge in [0.1, 0.15) is 0 Å². The average Bonchev–Trinajstić information content (AvgIpc) is 2.86. The van der Waals surface area contributed by atoms with Crippen LogP contribution in [0, 0.1) is 17.8 Å². The minimum Gasteiger partial charge on any atom is -0.378 e. The van der Waals surface area contributed by atoms with Crippen molar-refractivity contribution in [2.75, 3.05) is 23.9 Å². The highest BCUT2D eigenvalue weighted by molar-refractivity contribution is 6.22. The number of hydrogen-bond donors (Lipinski definition) is 1. The molecule has 1 aromatic carbocycles. The van der Waals surface area contributed by atoms with Crippen LogP contribution in [0.2, 0.25) is 0 Å². The number of imide groups is 1. The molecule has 2 amide bonds. The van der Waals surface area contributed by atoms with Crippen molar-refractivity contribution < 1.29 is 9.59 Å². The zero-order valence-corrected chi connectivity index (χ0v) is 16.3. The van der Waals surface area contributed by atoms with Crippen molar-refractivity contribution in [3.63, 3.8) is 0 Å². The summed E-state index contributed by atoms with van der Waals surface area (Å²) in [6.45, 7) is 0. The fraction of sp³-hybridized carbons (Fsp3) is 0.636. The van der Waals surface area contributed by atoms with Gasteiger partial charge in [0.25, 0.3) is 5.91 Å². The zero-order chi connectivity index (χ0) is 18.8. The van der Waals surface area contributed by atoms with E-state index in [0.29, 0.717) is 5.69 Å². The maximum Gasteiger partial charge on any atom is 0.251 e. The molecule has 5 aliphatic rings. The van der Waals surface area contributed by atoms with E-state index in [2.05, 4.69) is 5.32 Å². The van der Waals surface area contributed by atoms with E-state index >= 15 is 0 Å². The second kappa shape index (κ2) is 6.06. The lowest BCUT2D eigenvalue weighted by Crippen LogP contribution is -2.61. The van der Waals surface area contributed by atoms with Gasteiger partial charge in [-0.15, -0.1) is 0 Å². The van der Waals surface area contributed by atoms with Crippen LogP contribution in [0.15, 0.2) is 24.3 Å². The van der Waals surface area contributed by atoms with Crippen molar-refractivity contribution in [2.24, 2.45) is 17.8 Å². The summed E-state index contributed by atoms with van der Waals surface area (Å²) in [4.78, 5) is 29.1. The lowest BCUT2D eigenvalue weighted by Gasteiger charge is -2.57. The number of hydrogen-bond acceptors (Lipinski definition) is 4. The Hall–Kier alpha value is -1.88. The summed E-state index contributed by atoms with van der Waals surface area (Å²) in [6.07, 6.45) is 7.99. The first kappa shape index (κ1) is 17.2. The summed E-state index contributed by atoms with van der Waals surface area (Å²) in [5, 5.41) is 3.71. The molecular weight excluding hydrogens is 338 g/mol. The fourth-order valence-corrected chi connectivity index (χ4v) is 6.57. The van der Waals surface area contributed by atoms with E-state index in [1.54, 1.807) is 0 Å². The van der Waals surface area contributed by atoms with Gasteiger partial charge >= 0.3 is 0 Å². The standard InChI is InChI=1S/C22H29N3O2/c1-24(2)17-3-5-18(6-4-17)25-20(26)10-19(21(25)27)23-22-11-14-7-15(12-22)9-16(8-14)13-22/h3-6,14-16,19,23H,7-13H2,1-2H3/t14?,15?,16?,19-,22?/m1/s1. The third kappa shape index (κ3) is 2.87. The smallest absolute Gasteiger partial charge is 0.251 e. The Bertz CT molecular complexity index is 735. The van der Waals surface area contributed by atoms with E-state index in [0.717, 1.165) is 23.4 Å². The van der Waals surface area contributed by atoms with E-state index in [4.69, 9.17) is 0 Å². The maximum atomic E-state index is 13.1. The van der Waals surface area contributed by atoms with Crippen molar-refractivity contribution in [3.8, 4) is 0 Å². The highest BCUT2D eigenvalue weighted by Crippen LogP contribution is 2.55. The predicted molar refractivity (Wildman–Crippen MR) is 106 cm³/mol. The third-order valence-electron chi connectivity index (χ3n) is 7.29. The van der Waals surface area contributed by atoms with E-state index in [1.807, 2.05) is 43.3 Å². The molecule has 6 rings (SSSR count). The molecular formula is C22H29N3O2. The van der Waals surface area contributed by atoms with Crippen LogP contribution in [0.1, 0.15) is 44.9 Å². The molecule has 1 saturated heterocycles. The van der Waals surface area contributed by atoms with Gasteiger partial charge in [0.2, 0.25) is 5.91 Å². The van der Waals surface area contributed by atoms with E-state index in [1.165, 1.54) is 43.4 Å². The Balaban J connectivity index is 1.34. The minimum absolute atomic E-state index is 0.0756. The van der Waals surface area contributed by atoms with Gasteiger partial charge in [0.15, 0.2) is 0 Å². The van der Waals surface area contributed by atoms with Gasteiger partial charge in [-0.25, -0.2) is 4.90 Å². The molecule has 4 bridgehead atoms. The molecule has 0 aromatic heterocycles. The lowest BCUT2D eigenvalue weighted by atomic mass is 9.53. The molecule has 5 fully saturated rings. The van der Waals surface area contributed by atoms with Crippen LogP contribution in [-0.2, 0) is 9.59 Å². The van der Waals surface area contributed by atoms with Gasteiger partial charge in [-0.2, -0.15) is 0 Å². The van der Waals surface area contributed by atoms with Crippen molar-refractivity contribution >= 4 is 23.2 Å². The highest BCUT2D eigenvalue weighted by Gasteiger charge is 2.53. The topological polar surface area (TPSA) is 52.6 Å². The normalized spacial score (nSPS) is 37.3. The molecule has 5 heteroatoms. The molecule has 1 N–H and O–H groups in total. The average molecular weight is 367 g/mol. The number of carbonyl (C=O) groups excluding carboxylic acids is 2. The third-order valence-corrected chi connectivity index (χ3v) is 7.29. The molecule has 0 spiro atoms. The largest absolute Gasteiger partial charge is 0.378 e. The molecule has 4 saturated carbocycles. The van der Waals surface area contributed by atoms with Crippen LogP contribution in [0.3, 0.4) is 0 Å². The summed E-state index contributed by atoms with van der Waals surface area (Å²) < 4.78 is 0. The molecule has 4 aliphatic carbocycles. The lowest BCUT2D eigenvalue weighted by molar-refractivity contribution is -0.122. The number of nitrogens with zero attached hydrogens (tertiary/aromatic N) is 2. The Labute approximate surface area is 161 Å². The van der Waals surface area contributed by atoms with Gasteiger partial charge in [-0.3, -0.25) is 14.9 Å². The molecule has 1 aromatic rings. The van der Waals surface area contributed by atoms with Gasteiger partial charge in [0.05, 0.1) is 18.2 Å². The SMILES string of the molecule is CN(C)c1ccc(N2C(=O)C[C@@H](NC34CC5CC(CC(C5)C3)C4)C2=O)cc1. The fourth-order valence-electron chi connectivity index (χ4n) is 6.57. The van der Waals surface area contributed by atoms with Crippen molar-refractivity contribution in [3.05, 3.63) is 24.3 Å². The zero-order valence-electron chi connectivity index (χ0n) is 16.3. The number of carbonyl (C=O) groups is 2. The summed E-state index contributed by atoms with van der Waals surface area (Å²) in [5.74, 6) is 2.31. The number of benzene rings is 1. The summed E-state index contributed by atoms with van der Waals surface area (Å²) in [5.41, 5.74) is 1.84. The van der Waals surface area contributed by atoms with Gasteiger partial charge in [-0.05, 0) is 80.5 Å². The van der Waals surface area contributed by atoms with Crippen LogP contribution >= 0.6 is 0 Å². The van der Waals surface area contributed by atoms with Crippen molar-refractivity contribution in [2.45, 2.75) is 56.5 Å². The summed E-state index contributed by atoms with van der Waals surface area (Å²) in [7, 11) is 3.96. The van der Waals surface area contributed by atoms with E-state index < -0.39 is 0 Å². The van der Waals surface area contributed by atoms with Crippen LogP contribution in [0.5, 0.6) is 0 Å². The monoisotopic (exact) mass is 367 g/mol. The Morgan fingerprint density at radius 3 is 2.04 bits per heavy atom. The number of amides is 2. The summed E-state index contributed by atoms with van der Waals surface area (Å²) >= 11 is 0. The van der Waals surface area contributed by atoms with E-state index in [9.17, 15) is 9.59 Å². The molecule has 5 nitrogen and oxygen atoms in total. The van der Waals surface area contributed by atoms with Crippen LogP contribution < -0.4 is 15.1 Å². The van der Waals surface area contributed by atoms with Gasteiger partial charge in [-0.1, -0.05) is 0 Å². The van der Waals surface area contributed by atoms with Gasteiger partial charge in [0, 0.05) is 25.3 Å². The summed E-state index contributed by atoms with van der Waals surface area (Å²) in [6, 6.07) is 7.30. The first-order chi connectivity index (χ1) is 12.9. The van der Waals surface area contributed by atoms with Gasteiger partial charge < -0.3 is 4.90 Å². The van der Waals surface area contributed by atoms with Crippen LogP contribution in [0.4, 0.5) is 11.4 Å². The van der Waals surface area contributed by atoms with Crippen molar-refractivity contribution in [1.29, 1.82) is 0 Å². The molecule has 0 unspecified atom stereocenters. The second-order valence-corrected chi connectivity index (χ2v) is 9.58. The number of anilines is 2. The second-order valence-electron chi connectivity index (χ2n) is 9.58. The first-order valence-electron chi connectivity index (χ1n) is 10.3. The van der Waals surface area contributed by atoms with Crippen LogP contribution in [0.25, 0.3) is 0 Å². The maximum absolute atomic E-state index is 13.1. The van der Waals surface area contributed by atoms with Crippen molar-refractivity contribution in [1.82, 2.24) is 5.32 Å². The number of nitrogens with one attached hydrogen (secondary N) is 1. The minimum atomic E-state index is -0.359. The predicted octanol–water partition coefficient (Wildman–Crippen LogP) is 2.94. The molecule has 1 atom stereocenters. The molecule has 1 aliphatic heterocycles. The number of rotatable bonds is 4. The quantitative estimate of drug-likeness (QED) is 0.832. The highest BCUT2D eigenvalue weighted by atomic mass is 16.2. The van der Waals surface area contributed by atoms with Crippen LogP contribution in [-0.4, -0.2) is 37.5 Å². The first-order valence-corrected chi connectivity index (χ1v) is 10.3. The Morgan fingerprint density at radius 2 is 1.52 bits per heavy atom. The molecule has 144 valence electrons. The molecule has 1 heterocycles. The Kier molecular flexibility index (Phi) is 3.87. The van der Waals surface area contributed by atoms with E-state index in [-0.39, 0.29) is 29.8 Å².